The Labute approximate surface area is 161 Å². The number of rotatable bonds is 8. The highest BCUT2D eigenvalue weighted by molar-refractivity contribution is 5.79. The Morgan fingerprint density at radius 1 is 1.30 bits per heavy atom. The second kappa shape index (κ2) is 10.9. The number of likely N-dealkylation sites (tertiary alicyclic amines) is 1. The molecule has 7 heteroatoms. The molecule has 1 aliphatic rings. The quantitative estimate of drug-likeness (QED) is 0.412. The van der Waals surface area contributed by atoms with Crippen LogP contribution >= 0.6 is 0 Å². The molecule has 1 aromatic rings. The van der Waals surface area contributed by atoms with Gasteiger partial charge in [0, 0.05) is 33.1 Å². The summed E-state index contributed by atoms with van der Waals surface area (Å²) in [5.41, 5.74) is 6.42. The maximum Gasteiger partial charge on any atom is 0.220 e. The number of hydrogen-bond donors (Lipinski definition) is 2. The van der Waals surface area contributed by atoms with Crippen molar-refractivity contribution in [2.75, 3.05) is 40.3 Å². The fourth-order valence-corrected chi connectivity index (χ4v) is 3.42. The number of nitrogens with zero attached hydrogens (tertiary/aromatic N) is 3. The van der Waals surface area contributed by atoms with E-state index in [0.717, 1.165) is 63.4 Å². The third-order valence-electron chi connectivity index (χ3n) is 5.08. The molecule has 0 bridgehead atoms. The molecule has 1 aromatic carbocycles. The lowest BCUT2D eigenvalue weighted by atomic mass is 9.96. The molecule has 27 heavy (non-hydrogen) atoms. The van der Waals surface area contributed by atoms with Gasteiger partial charge in [0.1, 0.15) is 5.82 Å². The number of unbranched alkanes of at least 4 members (excludes halogenated alkanes) is 1. The predicted molar refractivity (Wildman–Crippen MR) is 107 cm³/mol. The van der Waals surface area contributed by atoms with E-state index >= 15 is 0 Å². The molecular weight excluding hydrogens is 345 g/mol. The van der Waals surface area contributed by atoms with Crippen molar-refractivity contribution in [3.63, 3.8) is 0 Å². The Bertz CT molecular complexity index is 611. The third-order valence-corrected chi connectivity index (χ3v) is 5.08. The molecule has 2 rings (SSSR count). The number of piperidine rings is 1. The number of carbonyl (C=O) groups is 1. The summed E-state index contributed by atoms with van der Waals surface area (Å²) in [4.78, 5) is 20.0. The summed E-state index contributed by atoms with van der Waals surface area (Å²) < 4.78 is 13.0. The molecule has 0 radical (unpaired) electrons. The van der Waals surface area contributed by atoms with Crippen molar-refractivity contribution in [2.24, 2.45) is 16.6 Å². The first kappa shape index (κ1) is 21.2. The summed E-state index contributed by atoms with van der Waals surface area (Å²) in [5, 5.41) is 3.38. The molecule has 0 saturated carbocycles. The summed E-state index contributed by atoms with van der Waals surface area (Å²) in [6.07, 6.45) is 3.93. The van der Waals surface area contributed by atoms with Crippen LogP contribution < -0.4 is 11.1 Å². The number of amides is 1. The van der Waals surface area contributed by atoms with Gasteiger partial charge < -0.3 is 20.9 Å². The topological polar surface area (TPSA) is 74.0 Å². The van der Waals surface area contributed by atoms with E-state index in [1.165, 1.54) is 12.1 Å². The van der Waals surface area contributed by atoms with Crippen molar-refractivity contribution in [3.8, 4) is 0 Å². The Morgan fingerprint density at radius 2 is 1.96 bits per heavy atom. The number of aliphatic imine (C=N–C) groups is 1. The average Bonchev–Trinajstić information content (AvgIpc) is 2.66. The number of hydrogen-bond acceptors (Lipinski definition) is 3. The average molecular weight is 378 g/mol. The van der Waals surface area contributed by atoms with Crippen molar-refractivity contribution in [1.29, 1.82) is 0 Å². The van der Waals surface area contributed by atoms with E-state index in [1.807, 2.05) is 11.9 Å². The second-order valence-electron chi connectivity index (χ2n) is 7.18. The van der Waals surface area contributed by atoms with Crippen LogP contribution in [-0.4, -0.2) is 61.9 Å². The molecule has 0 aliphatic carbocycles. The predicted octanol–water partition coefficient (Wildman–Crippen LogP) is 1.81. The highest BCUT2D eigenvalue weighted by Crippen LogP contribution is 2.16. The number of halogens is 1. The number of nitrogens with one attached hydrogen (secondary N) is 1. The minimum atomic E-state index is -0.220. The minimum Gasteiger partial charge on any atom is -0.369 e. The van der Waals surface area contributed by atoms with Gasteiger partial charge in [0.2, 0.25) is 5.91 Å². The van der Waals surface area contributed by atoms with Gasteiger partial charge in [-0.3, -0.25) is 9.79 Å². The van der Waals surface area contributed by atoms with E-state index in [2.05, 4.69) is 15.2 Å². The van der Waals surface area contributed by atoms with Crippen molar-refractivity contribution >= 4 is 11.9 Å². The fourth-order valence-electron chi connectivity index (χ4n) is 3.42. The number of nitrogens with two attached hydrogens (primary N) is 1. The molecule has 3 N–H and O–H groups in total. The monoisotopic (exact) mass is 377 g/mol. The molecule has 150 valence electrons. The van der Waals surface area contributed by atoms with Crippen LogP contribution in [0.3, 0.4) is 0 Å². The van der Waals surface area contributed by atoms with E-state index in [-0.39, 0.29) is 17.6 Å². The molecule has 1 aliphatic heterocycles. The van der Waals surface area contributed by atoms with Gasteiger partial charge in [-0.25, -0.2) is 4.39 Å². The van der Waals surface area contributed by atoms with E-state index in [9.17, 15) is 9.18 Å². The van der Waals surface area contributed by atoms with Gasteiger partial charge in [0.05, 0.1) is 0 Å². The van der Waals surface area contributed by atoms with Gasteiger partial charge in [0.25, 0.3) is 0 Å². The molecule has 0 atom stereocenters. The smallest absolute Gasteiger partial charge is 0.220 e. The van der Waals surface area contributed by atoms with Crippen LogP contribution in [0.15, 0.2) is 29.3 Å². The zero-order valence-electron chi connectivity index (χ0n) is 16.5. The van der Waals surface area contributed by atoms with Gasteiger partial charge in [-0.15, -0.1) is 0 Å². The second-order valence-corrected chi connectivity index (χ2v) is 7.18. The molecule has 1 amide bonds. The minimum absolute atomic E-state index is 0.0582. The van der Waals surface area contributed by atoms with Crippen LogP contribution in [0.2, 0.25) is 0 Å². The summed E-state index contributed by atoms with van der Waals surface area (Å²) in [5.74, 6) is 0.516. The van der Waals surface area contributed by atoms with Gasteiger partial charge in [-0.1, -0.05) is 12.1 Å². The van der Waals surface area contributed by atoms with Crippen LogP contribution in [0.1, 0.15) is 31.2 Å². The van der Waals surface area contributed by atoms with E-state index in [0.29, 0.717) is 6.54 Å². The number of carbonyl (C=O) groups excluding carboxylic acids is 1. The van der Waals surface area contributed by atoms with Crippen molar-refractivity contribution < 1.29 is 9.18 Å². The molecule has 1 fully saturated rings. The van der Waals surface area contributed by atoms with Crippen LogP contribution in [0.4, 0.5) is 4.39 Å². The van der Waals surface area contributed by atoms with Crippen LogP contribution in [0.25, 0.3) is 0 Å². The highest BCUT2D eigenvalue weighted by Gasteiger charge is 2.22. The summed E-state index contributed by atoms with van der Waals surface area (Å²) in [7, 11) is 3.74. The zero-order valence-corrected chi connectivity index (χ0v) is 16.5. The first-order chi connectivity index (χ1) is 13.0. The summed E-state index contributed by atoms with van der Waals surface area (Å²) >= 11 is 0. The first-order valence-corrected chi connectivity index (χ1v) is 9.67. The SMILES string of the molecule is CN=C(NCCCCN1CCC(C(N)=O)CC1)N(C)Cc1ccc(F)cc1. The fraction of sp³-hybridized carbons (Fsp3) is 0.600. The van der Waals surface area contributed by atoms with Gasteiger partial charge >= 0.3 is 0 Å². The molecular formula is C20H32FN5O. The van der Waals surface area contributed by atoms with Crippen molar-refractivity contribution in [2.45, 2.75) is 32.2 Å². The number of primary amides is 1. The standard InChI is InChI=1S/C20H32FN5O/c1-23-20(25(2)15-16-5-7-18(21)8-6-16)24-11-3-4-12-26-13-9-17(10-14-26)19(22)27/h5-8,17H,3-4,9-15H2,1-2H3,(H2,22,27)(H,23,24). The lowest BCUT2D eigenvalue weighted by Gasteiger charge is -2.30. The van der Waals surface area contributed by atoms with Gasteiger partial charge in [-0.05, 0) is 63.0 Å². The maximum atomic E-state index is 13.0. The zero-order chi connectivity index (χ0) is 19.6. The number of guanidine groups is 1. The molecule has 0 unspecified atom stereocenters. The van der Waals surface area contributed by atoms with Gasteiger partial charge in [0.15, 0.2) is 5.96 Å². The molecule has 0 spiro atoms. The molecule has 0 aromatic heterocycles. The molecule has 1 saturated heterocycles. The van der Waals surface area contributed by atoms with Crippen molar-refractivity contribution in [1.82, 2.24) is 15.1 Å². The lowest BCUT2D eigenvalue weighted by Crippen LogP contribution is -2.40. The van der Waals surface area contributed by atoms with Crippen LogP contribution in [-0.2, 0) is 11.3 Å². The molecule has 1 heterocycles. The van der Waals surface area contributed by atoms with Crippen molar-refractivity contribution in [3.05, 3.63) is 35.6 Å². The Morgan fingerprint density at radius 3 is 2.56 bits per heavy atom. The largest absolute Gasteiger partial charge is 0.369 e. The van der Waals surface area contributed by atoms with E-state index in [1.54, 1.807) is 19.2 Å². The Hall–Kier alpha value is -2.15. The normalized spacial score (nSPS) is 16.3. The van der Waals surface area contributed by atoms with Gasteiger partial charge in [-0.2, -0.15) is 0 Å². The van der Waals surface area contributed by atoms with Crippen LogP contribution in [0.5, 0.6) is 0 Å². The van der Waals surface area contributed by atoms with E-state index < -0.39 is 0 Å². The highest BCUT2D eigenvalue weighted by atomic mass is 19.1. The first-order valence-electron chi connectivity index (χ1n) is 9.67. The third kappa shape index (κ3) is 7.17. The van der Waals surface area contributed by atoms with Crippen LogP contribution in [0, 0.1) is 11.7 Å². The summed E-state index contributed by atoms with van der Waals surface area (Å²) in [6, 6.07) is 6.54. The maximum absolute atomic E-state index is 13.0. The van der Waals surface area contributed by atoms with E-state index in [4.69, 9.17) is 5.73 Å². The Balaban J connectivity index is 1.62. The molecule has 6 nitrogen and oxygen atoms in total. The number of benzene rings is 1. The Kier molecular flexibility index (Phi) is 8.51. The summed E-state index contributed by atoms with van der Waals surface area (Å²) in [6.45, 7) is 4.51. The lowest BCUT2D eigenvalue weighted by molar-refractivity contribution is -0.123.